The Bertz CT molecular complexity index is 1380. The Kier molecular flexibility index (Phi) is 6.82. The van der Waals surface area contributed by atoms with Crippen molar-refractivity contribution in [2.75, 3.05) is 36.5 Å². The highest BCUT2D eigenvalue weighted by Crippen LogP contribution is 2.55. The zero-order chi connectivity index (χ0) is 26.0. The molecule has 1 saturated heterocycles. The number of nitrogens with zero attached hydrogens (tertiary/aromatic N) is 4. The van der Waals surface area contributed by atoms with Crippen molar-refractivity contribution in [3.05, 3.63) is 60.6 Å². The number of morpholine rings is 1. The number of rotatable bonds is 7. The van der Waals surface area contributed by atoms with Crippen LogP contribution in [0.3, 0.4) is 0 Å². The third-order valence-electron chi connectivity index (χ3n) is 6.76. The van der Waals surface area contributed by atoms with E-state index in [2.05, 4.69) is 27.4 Å². The van der Waals surface area contributed by atoms with Gasteiger partial charge in [0, 0.05) is 42.8 Å². The fraction of sp³-hybridized carbons (Fsp3) is 0.385. The first-order chi connectivity index (χ1) is 17.8. The molecule has 11 heteroatoms. The second kappa shape index (κ2) is 10.1. The van der Waals surface area contributed by atoms with E-state index in [4.69, 9.17) is 14.7 Å². The molecule has 194 valence electrons. The van der Waals surface area contributed by atoms with Gasteiger partial charge in [-0.15, -0.1) is 0 Å². The van der Waals surface area contributed by atoms with Gasteiger partial charge in [-0.2, -0.15) is 0 Å². The summed E-state index contributed by atoms with van der Waals surface area (Å²) in [4.78, 5) is 27.9. The van der Waals surface area contributed by atoms with E-state index in [9.17, 15) is 13.2 Å². The van der Waals surface area contributed by atoms with Crippen LogP contribution in [0.4, 0.5) is 16.3 Å². The number of benzene rings is 1. The van der Waals surface area contributed by atoms with Crippen molar-refractivity contribution in [2.24, 2.45) is 0 Å². The van der Waals surface area contributed by atoms with Crippen LogP contribution in [-0.2, 0) is 19.3 Å². The van der Waals surface area contributed by atoms with Crippen molar-refractivity contribution in [3.63, 3.8) is 0 Å². The predicted molar refractivity (Wildman–Crippen MR) is 140 cm³/mol. The van der Waals surface area contributed by atoms with Crippen molar-refractivity contribution >= 4 is 27.4 Å². The van der Waals surface area contributed by atoms with Gasteiger partial charge in [0.05, 0.1) is 29.8 Å². The Morgan fingerprint density at radius 2 is 1.86 bits per heavy atom. The fourth-order valence-electron chi connectivity index (χ4n) is 4.57. The maximum absolute atomic E-state index is 13.7. The first-order valence-corrected chi connectivity index (χ1v) is 13.9. The Morgan fingerprint density at radius 3 is 2.51 bits per heavy atom. The molecule has 0 unspecified atom stereocenters. The van der Waals surface area contributed by atoms with E-state index >= 15 is 0 Å². The molecule has 5 rings (SSSR count). The second-order valence-electron chi connectivity index (χ2n) is 9.29. The third kappa shape index (κ3) is 4.88. The SMILES string of the molecule is CCNC(=O)Nc1ccc(-c2nc(N3CCOC[C@@H]3C)cc(C3(S(=O)(=O)c4ccncc4)CC3)n2)cc1. The molecule has 2 aromatic heterocycles. The molecule has 1 aliphatic heterocycles. The van der Waals surface area contributed by atoms with Crippen LogP contribution in [0.15, 0.2) is 59.8 Å². The molecular weight excluding hydrogens is 492 g/mol. The third-order valence-corrected chi connectivity index (χ3v) is 9.30. The van der Waals surface area contributed by atoms with Crippen LogP contribution < -0.4 is 15.5 Å². The molecule has 3 heterocycles. The Labute approximate surface area is 216 Å². The lowest BCUT2D eigenvalue weighted by atomic mass is 10.1. The largest absolute Gasteiger partial charge is 0.377 e. The summed E-state index contributed by atoms with van der Waals surface area (Å²) in [7, 11) is -3.69. The summed E-state index contributed by atoms with van der Waals surface area (Å²) in [6, 6.07) is 11.9. The van der Waals surface area contributed by atoms with Gasteiger partial charge < -0.3 is 20.3 Å². The van der Waals surface area contributed by atoms with Gasteiger partial charge in [-0.3, -0.25) is 4.98 Å². The lowest BCUT2D eigenvalue weighted by Gasteiger charge is -2.34. The first kappa shape index (κ1) is 25.1. The molecule has 2 fully saturated rings. The number of hydrogen-bond donors (Lipinski definition) is 2. The number of sulfone groups is 1. The summed E-state index contributed by atoms with van der Waals surface area (Å²) in [6.45, 7) is 6.22. The van der Waals surface area contributed by atoms with Gasteiger partial charge in [0.15, 0.2) is 15.7 Å². The van der Waals surface area contributed by atoms with E-state index in [1.54, 1.807) is 12.1 Å². The number of nitrogens with one attached hydrogen (secondary N) is 2. The van der Waals surface area contributed by atoms with Gasteiger partial charge in [0.25, 0.3) is 0 Å². The number of hydrogen-bond acceptors (Lipinski definition) is 8. The normalized spacial score (nSPS) is 18.8. The highest BCUT2D eigenvalue weighted by Gasteiger charge is 2.58. The molecule has 0 bridgehead atoms. The minimum Gasteiger partial charge on any atom is -0.377 e. The molecule has 2 amide bonds. The van der Waals surface area contributed by atoms with E-state index in [1.165, 1.54) is 24.5 Å². The Balaban J connectivity index is 1.56. The molecule has 1 saturated carbocycles. The Hall–Kier alpha value is -3.57. The standard InChI is InChI=1S/C26H30N6O4S/c1-3-28-25(33)29-20-6-4-19(5-7-20)24-30-22(16-23(31-24)32-14-15-36-17-18(32)2)26(10-11-26)37(34,35)21-8-12-27-13-9-21/h4-9,12-13,16,18H,3,10-11,14-15,17H2,1-2H3,(H2,28,29,33)/t18-/m0/s1. The van der Waals surface area contributed by atoms with Gasteiger partial charge in [-0.25, -0.2) is 23.2 Å². The maximum Gasteiger partial charge on any atom is 0.319 e. The summed E-state index contributed by atoms with van der Waals surface area (Å²) in [6.07, 6.45) is 3.96. The molecule has 1 aromatic carbocycles. The molecule has 1 aliphatic carbocycles. The van der Waals surface area contributed by atoms with Crippen LogP contribution in [0.1, 0.15) is 32.4 Å². The molecule has 0 radical (unpaired) electrons. The number of ether oxygens (including phenoxy) is 1. The summed E-state index contributed by atoms with van der Waals surface area (Å²) in [5, 5.41) is 5.47. The monoisotopic (exact) mass is 522 g/mol. The molecule has 2 N–H and O–H groups in total. The predicted octanol–water partition coefficient (Wildman–Crippen LogP) is 3.37. The Morgan fingerprint density at radius 1 is 1.14 bits per heavy atom. The van der Waals surface area contributed by atoms with E-state index in [0.717, 1.165) is 5.56 Å². The lowest BCUT2D eigenvalue weighted by molar-refractivity contribution is 0.0985. The lowest BCUT2D eigenvalue weighted by Crippen LogP contribution is -2.44. The van der Waals surface area contributed by atoms with Crippen molar-refractivity contribution in [3.8, 4) is 11.4 Å². The molecule has 3 aromatic rings. The van der Waals surface area contributed by atoms with Crippen molar-refractivity contribution in [2.45, 2.75) is 42.4 Å². The molecule has 2 aliphatic rings. The summed E-state index contributed by atoms with van der Waals surface area (Å²) in [5.74, 6) is 1.11. The van der Waals surface area contributed by atoms with Gasteiger partial charge in [0.1, 0.15) is 10.6 Å². The van der Waals surface area contributed by atoms with Gasteiger partial charge >= 0.3 is 6.03 Å². The molecule has 0 spiro atoms. The van der Waals surface area contributed by atoms with Crippen molar-refractivity contribution in [1.82, 2.24) is 20.3 Å². The molecule has 1 atom stereocenters. The van der Waals surface area contributed by atoms with E-state index in [-0.39, 0.29) is 17.0 Å². The van der Waals surface area contributed by atoms with E-state index < -0.39 is 14.6 Å². The van der Waals surface area contributed by atoms with E-state index in [0.29, 0.717) is 62.2 Å². The van der Waals surface area contributed by atoms with Crippen LogP contribution in [-0.4, -0.2) is 61.7 Å². The van der Waals surface area contributed by atoms with Crippen LogP contribution in [0, 0.1) is 0 Å². The number of pyridine rings is 1. The van der Waals surface area contributed by atoms with Gasteiger partial charge in [-0.1, -0.05) is 0 Å². The summed E-state index contributed by atoms with van der Waals surface area (Å²) >= 11 is 0. The van der Waals surface area contributed by atoms with Gasteiger partial charge in [-0.05, 0) is 63.1 Å². The number of carbonyl (C=O) groups is 1. The van der Waals surface area contributed by atoms with Crippen LogP contribution in [0.25, 0.3) is 11.4 Å². The number of aromatic nitrogens is 3. The highest BCUT2D eigenvalue weighted by atomic mass is 32.2. The number of amides is 2. The minimum atomic E-state index is -3.69. The van der Waals surface area contributed by atoms with Crippen LogP contribution >= 0.6 is 0 Å². The summed E-state index contributed by atoms with van der Waals surface area (Å²) < 4.78 is 32.0. The summed E-state index contributed by atoms with van der Waals surface area (Å²) in [5.41, 5.74) is 1.85. The maximum atomic E-state index is 13.7. The van der Waals surface area contributed by atoms with E-state index in [1.807, 2.05) is 25.1 Å². The average Bonchev–Trinajstić information content (AvgIpc) is 3.73. The first-order valence-electron chi connectivity index (χ1n) is 12.4. The van der Waals surface area contributed by atoms with Crippen LogP contribution in [0.5, 0.6) is 0 Å². The highest BCUT2D eigenvalue weighted by molar-refractivity contribution is 7.92. The number of anilines is 2. The minimum absolute atomic E-state index is 0.0833. The molecular formula is C26H30N6O4S. The fourth-order valence-corrected chi connectivity index (χ4v) is 6.52. The van der Waals surface area contributed by atoms with Gasteiger partial charge in [0.2, 0.25) is 0 Å². The molecule has 10 nitrogen and oxygen atoms in total. The molecule has 37 heavy (non-hydrogen) atoms. The quantitative estimate of drug-likeness (QED) is 0.484. The number of carbonyl (C=O) groups excluding carboxylic acids is 1. The van der Waals surface area contributed by atoms with Crippen molar-refractivity contribution in [1.29, 1.82) is 0 Å². The number of urea groups is 1. The van der Waals surface area contributed by atoms with Crippen molar-refractivity contribution < 1.29 is 17.9 Å². The smallest absolute Gasteiger partial charge is 0.319 e. The zero-order valence-corrected chi connectivity index (χ0v) is 21.7. The zero-order valence-electron chi connectivity index (χ0n) is 20.8. The second-order valence-corrected chi connectivity index (χ2v) is 11.6. The topological polar surface area (TPSA) is 126 Å². The van der Waals surface area contributed by atoms with Crippen LogP contribution in [0.2, 0.25) is 0 Å². The average molecular weight is 523 g/mol.